The molecule has 5 atom stereocenters. The Morgan fingerprint density at radius 2 is 1.88 bits per heavy atom. The monoisotopic (exact) mass is 461 g/mol. The molecule has 6 rings (SSSR count). The maximum atomic E-state index is 13.8. The summed E-state index contributed by atoms with van der Waals surface area (Å²) in [7, 11) is 0. The van der Waals surface area contributed by atoms with Gasteiger partial charge in [0, 0.05) is 36.5 Å². The van der Waals surface area contributed by atoms with E-state index in [0.717, 1.165) is 19.0 Å². The van der Waals surface area contributed by atoms with Crippen LogP contribution in [0.1, 0.15) is 39.3 Å². The molecule has 0 radical (unpaired) electrons. The summed E-state index contributed by atoms with van der Waals surface area (Å²) in [6.45, 7) is -0.522. The number of hydrogen-bond donors (Lipinski definition) is 2. The molecule has 2 saturated carbocycles. The van der Waals surface area contributed by atoms with Crippen molar-refractivity contribution in [1.82, 2.24) is 14.8 Å². The van der Waals surface area contributed by atoms with Crippen LogP contribution in [0.3, 0.4) is 0 Å². The smallest absolute Gasteiger partial charge is 0.276 e. The number of halogens is 3. The second-order valence-electron chi connectivity index (χ2n) is 8.96. The summed E-state index contributed by atoms with van der Waals surface area (Å²) >= 11 is 0. The standard InChI is InChI=1S/C22H18F3N3O5/c23-8-1-13(24)11(14(25)2-8)5-26-21(31)12-6-27-7-17-28(22(32)18(27)20(30)19(12)29)15-4-16(33-17)10-3-9(10)15/h1-2,6,9-10,15-17,30H,3-5,7H2,(H,26,31)/t9-,10+,15-,16+,17?/m1/s1. The van der Waals surface area contributed by atoms with Gasteiger partial charge in [0.2, 0.25) is 5.43 Å². The minimum atomic E-state index is -1.19. The van der Waals surface area contributed by atoms with Gasteiger partial charge < -0.3 is 24.6 Å². The summed E-state index contributed by atoms with van der Waals surface area (Å²) in [6.07, 6.45) is 2.38. The zero-order chi connectivity index (χ0) is 23.2. The molecule has 4 aliphatic rings. The zero-order valence-electron chi connectivity index (χ0n) is 17.1. The van der Waals surface area contributed by atoms with Crippen molar-refractivity contribution in [3.05, 3.63) is 62.8 Å². The van der Waals surface area contributed by atoms with E-state index in [-0.39, 0.29) is 24.4 Å². The summed E-state index contributed by atoms with van der Waals surface area (Å²) in [6, 6.07) is 0.962. The van der Waals surface area contributed by atoms with Crippen LogP contribution in [0.15, 0.2) is 23.1 Å². The lowest BCUT2D eigenvalue weighted by atomic mass is 10.0. The number of nitrogens with one attached hydrogen (secondary N) is 1. The van der Waals surface area contributed by atoms with E-state index in [1.54, 1.807) is 4.90 Å². The Morgan fingerprint density at radius 3 is 2.61 bits per heavy atom. The molecule has 2 aliphatic heterocycles. The van der Waals surface area contributed by atoms with Crippen molar-refractivity contribution in [2.75, 3.05) is 0 Å². The lowest BCUT2D eigenvalue weighted by molar-refractivity contribution is -0.144. The highest BCUT2D eigenvalue weighted by Gasteiger charge is 2.63. The van der Waals surface area contributed by atoms with E-state index < -0.39 is 64.3 Å². The molecule has 2 aliphatic carbocycles. The van der Waals surface area contributed by atoms with Gasteiger partial charge in [0.25, 0.3) is 11.8 Å². The molecule has 2 N–H and O–H groups in total. The van der Waals surface area contributed by atoms with Gasteiger partial charge in [0.1, 0.15) is 23.0 Å². The number of aromatic hydroxyl groups is 1. The van der Waals surface area contributed by atoms with Crippen molar-refractivity contribution < 1.29 is 32.6 Å². The Kier molecular flexibility index (Phi) is 4.20. The van der Waals surface area contributed by atoms with Crippen molar-refractivity contribution in [3.8, 4) is 5.75 Å². The summed E-state index contributed by atoms with van der Waals surface area (Å²) in [4.78, 5) is 40.1. The van der Waals surface area contributed by atoms with Gasteiger partial charge in [-0.2, -0.15) is 0 Å². The van der Waals surface area contributed by atoms with E-state index in [2.05, 4.69) is 5.32 Å². The number of hydrogen-bond acceptors (Lipinski definition) is 5. The topological polar surface area (TPSA) is 101 Å². The second-order valence-corrected chi connectivity index (χ2v) is 8.96. The molecule has 2 aromatic rings. The van der Waals surface area contributed by atoms with Crippen molar-refractivity contribution in [3.63, 3.8) is 0 Å². The number of nitrogens with zero attached hydrogens (tertiary/aromatic N) is 2. The van der Waals surface area contributed by atoms with Crippen LogP contribution in [0.4, 0.5) is 13.2 Å². The maximum Gasteiger partial charge on any atom is 0.276 e. The van der Waals surface area contributed by atoms with Crippen LogP contribution in [-0.4, -0.2) is 44.8 Å². The van der Waals surface area contributed by atoms with E-state index >= 15 is 0 Å². The number of rotatable bonds is 3. The van der Waals surface area contributed by atoms with E-state index in [4.69, 9.17) is 4.74 Å². The fourth-order valence-corrected chi connectivity index (χ4v) is 5.54. The highest BCUT2D eigenvalue weighted by atomic mass is 19.1. The summed E-state index contributed by atoms with van der Waals surface area (Å²) in [5.74, 6) is -5.07. The summed E-state index contributed by atoms with van der Waals surface area (Å²) in [5.41, 5.74) is -2.36. The Morgan fingerprint density at radius 1 is 1.15 bits per heavy atom. The van der Waals surface area contributed by atoms with Crippen LogP contribution >= 0.6 is 0 Å². The van der Waals surface area contributed by atoms with E-state index in [1.807, 2.05) is 0 Å². The van der Waals surface area contributed by atoms with Crippen LogP contribution in [-0.2, 0) is 17.8 Å². The van der Waals surface area contributed by atoms with E-state index in [0.29, 0.717) is 24.0 Å². The maximum absolute atomic E-state index is 13.8. The van der Waals surface area contributed by atoms with Crippen LogP contribution < -0.4 is 10.7 Å². The number of benzene rings is 1. The predicted molar refractivity (Wildman–Crippen MR) is 105 cm³/mol. The Hall–Kier alpha value is -3.34. The van der Waals surface area contributed by atoms with Crippen molar-refractivity contribution in [1.29, 1.82) is 0 Å². The number of amides is 2. The van der Waals surface area contributed by atoms with Crippen molar-refractivity contribution in [2.45, 2.75) is 44.3 Å². The number of fused-ring (bicyclic) bond motifs is 8. The molecular weight excluding hydrogens is 443 g/mol. The molecule has 3 fully saturated rings. The molecule has 33 heavy (non-hydrogen) atoms. The first-order chi connectivity index (χ1) is 15.7. The first-order valence-electron chi connectivity index (χ1n) is 10.6. The molecule has 1 unspecified atom stereocenters. The van der Waals surface area contributed by atoms with Gasteiger partial charge in [-0.15, -0.1) is 0 Å². The normalized spacial score (nSPS) is 28.8. The van der Waals surface area contributed by atoms with Gasteiger partial charge in [-0.3, -0.25) is 14.4 Å². The van der Waals surface area contributed by atoms with Crippen molar-refractivity contribution >= 4 is 11.8 Å². The molecule has 1 aromatic carbocycles. The van der Waals surface area contributed by atoms with Gasteiger partial charge in [-0.25, -0.2) is 13.2 Å². The number of ether oxygens (including phenoxy) is 1. The van der Waals surface area contributed by atoms with Crippen LogP contribution in [0.5, 0.6) is 5.75 Å². The molecular formula is C22H18F3N3O5. The Bertz CT molecular complexity index is 1270. The number of carbonyl (C=O) groups excluding carboxylic acids is 2. The second kappa shape index (κ2) is 6.83. The molecule has 2 bridgehead atoms. The fraction of sp³-hybridized carbons (Fsp3) is 0.409. The van der Waals surface area contributed by atoms with E-state index in [1.165, 1.54) is 4.57 Å². The van der Waals surface area contributed by atoms with Crippen molar-refractivity contribution in [2.24, 2.45) is 11.8 Å². The van der Waals surface area contributed by atoms with Crippen LogP contribution in [0, 0.1) is 29.3 Å². The molecule has 0 spiro atoms. The minimum absolute atomic E-state index is 0.0120. The predicted octanol–water partition coefficient (Wildman–Crippen LogP) is 1.49. The molecule has 1 aromatic heterocycles. The highest BCUT2D eigenvalue weighted by molar-refractivity contribution is 5.99. The van der Waals surface area contributed by atoms with Gasteiger partial charge in [-0.05, 0) is 24.7 Å². The van der Waals surface area contributed by atoms with Gasteiger partial charge in [0.15, 0.2) is 17.7 Å². The molecule has 1 saturated heterocycles. The molecule has 3 heterocycles. The Balaban J connectivity index is 1.30. The van der Waals surface area contributed by atoms with Gasteiger partial charge in [-0.1, -0.05) is 0 Å². The number of aromatic nitrogens is 1. The molecule has 172 valence electrons. The fourth-order valence-electron chi connectivity index (χ4n) is 5.54. The SMILES string of the molecule is O=C(NCc1c(F)cc(F)cc1F)c1cn2c(c(O)c1=O)C(=O)N1C(C2)O[C@H]2C[C@@H]1[C@@H]1C[C@@H]12. The first-order valence-corrected chi connectivity index (χ1v) is 10.6. The highest BCUT2D eigenvalue weighted by Crippen LogP contribution is 2.58. The third-order valence-corrected chi connectivity index (χ3v) is 7.16. The quantitative estimate of drug-likeness (QED) is 0.722. The zero-order valence-corrected chi connectivity index (χ0v) is 17.1. The third kappa shape index (κ3) is 2.91. The molecule has 8 nitrogen and oxygen atoms in total. The first kappa shape index (κ1) is 20.3. The minimum Gasteiger partial charge on any atom is -0.503 e. The largest absolute Gasteiger partial charge is 0.503 e. The number of pyridine rings is 1. The Labute approximate surface area is 184 Å². The summed E-state index contributed by atoms with van der Waals surface area (Å²) < 4.78 is 48.1. The van der Waals surface area contributed by atoms with Crippen LogP contribution in [0.2, 0.25) is 0 Å². The van der Waals surface area contributed by atoms with Gasteiger partial charge >= 0.3 is 0 Å². The summed E-state index contributed by atoms with van der Waals surface area (Å²) in [5, 5.41) is 12.7. The van der Waals surface area contributed by atoms with Gasteiger partial charge in [0.05, 0.1) is 12.6 Å². The average Bonchev–Trinajstić information content (AvgIpc) is 3.50. The molecule has 11 heteroatoms. The molecule has 2 amide bonds. The van der Waals surface area contributed by atoms with Crippen LogP contribution in [0.25, 0.3) is 0 Å². The van der Waals surface area contributed by atoms with E-state index in [9.17, 15) is 32.7 Å². The lowest BCUT2D eigenvalue weighted by Gasteiger charge is -2.45. The third-order valence-electron chi connectivity index (χ3n) is 7.16. The lowest BCUT2D eigenvalue weighted by Crippen LogP contribution is -2.58. The number of carbonyl (C=O) groups is 2. The average molecular weight is 461 g/mol.